The Balaban J connectivity index is 2.19. The lowest BCUT2D eigenvalue weighted by Crippen LogP contribution is -1.96. The van der Waals surface area contributed by atoms with Crippen LogP contribution in [-0.2, 0) is 9.84 Å². The number of nitrogen functional groups attached to an aromatic ring is 1. The molecule has 0 bridgehead atoms. The first-order valence-corrected chi connectivity index (χ1v) is 8.25. The number of H-pyrrole nitrogens is 1. The molecule has 7 heteroatoms. The van der Waals surface area contributed by atoms with Gasteiger partial charge >= 0.3 is 0 Å². The zero-order chi connectivity index (χ0) is 13.6. The van der Waals surface area contributed by atoms with Gasteiger partial charge in [0.05, 0.1) is 26.5 Å². The molecule has 5 nitrogen and oxygen atoms in total. The highest BCUT2D eigenvalue weighted by molar-refractivity contribution is 7.90. The van der Waals surface area contributed by atoms with Crippen molar-refractivity contribution < 1.29 is 8.42 Å². The van der Waals surface area contributed by atoms with E-state index < -0.39 is 9.84 Å². The van der Waals surface area contributed by atoms with E-state index in [0.29, 0.717) is 17.0 Å². The molecule has 3 aromatic rings. The second-order valence-electron chi connectivity index (χ2n) is 4.24. The molecule has 0 aliphatic carbocycles. The minimum atomic E-state index is -3.22. The number of aromatic nitrogens is 2. The minimum absolute atomic E-state index is 0.273. The molecule has 0 unspecified atom stereocenters. The quantitative estimate of drug-likeness (QED) is 0.758. The molecule has 0 aliphatic heterocycles. The SMILES string of the molecule is CS(=O)(=O)c1ccc2nc(-c3sccc3N)[nH]c2c1. The summed E-state index contributed by atoms with van der Waals surface area (Å²) < 4.78 is 23.0. The number of thiophene rings is 1. The van der Waals surface area contributed by atoms with Crippen LogP contribution in [0.4, 0.5) is 5.69 Å². The zero-order valence-electron chi connectivity index (χ0n) is 10.0. The van der Waals surface area contributed by atoms with Crippen molar-refractivity contribution in [3.63, 3.8) is 0 Å². The lowest BCUT2D eigenvalue weighted by atomic mass is 10.3. The van der Waals surface area contributed by atoms with Crippen molar-refractivity contribution in [1.82, 2.24) is 9.97 Å². The summed E-state index contributed by atoms with van der Waals surface area (Å²) in [7, 11) is -3.22. The maximum atomic E-state index is 11.5. The third kappa shape index (κ3) is 2.11. The van der Waals surface area contributed by atoms with E-state index in [1.165, 1.54) is 17.6 Å². The van der Waals surface area contributed by atoms with Gasteiger partial charge in [0, 0.05) is 6.26 Å². The van der Waals surface area contributed by atoms with Crippen molar-refractivity contribution in [3.8, 4) is 10.7 Å². The Morgan fingerprint density at radius 3 is 2.74 bits per heavy atom. The van der Waals surface area contributed by atoms with Crippen LogP contribution in [0.15, 0.2) is 34.5 Å². The van der Waals surface area contributed by atoms with Crippen LogP contribution in [0.25, 0.3) is 21.7 Å². The molecule has 3 rings (SSSR count). The summed E-state index contributed by atoms with van der Waals surface area (Å²) in [6.07, 6.45) is 1.18. The molecular formula is C12H11N3O2S2. The Hall–Kier alpha value is -1.86. The standard InChI is InChI=1S/C12H11N3O2S2/c1-19(16,17)7-2-3-9-10(6-7)15-12(14-9)11-8(13)4-5-18-11/h2-6H,13H2,1H3,(H,14,15). The summed E-state index contributed by atoms with van der Waals surface area (Å²) in [5, 5.41) is 1.89. The van der Waals surface area contributed by atoms with Gasteiger partial charge in [0.2, 0.25) is 0 Å². The van der Waals surface area contributed by atoms with Crippen LogP contribution in [0, 0.1) is 0 Å². The van der Waals surface area contributed by atoms with Crippen molar-refractivity contribution in [2.75, 3.05) is 12.0 Å². The molecule has 3 N–H and O–H groups in total. The molecule has 0 aliphatic rings. The van der Waals surface area contributed by atoms with Gasteiger partial charge in [0.15, 0.2) is 15.7 Å². The predicted octanol–water partition coefficient (Wildman–Crippen LogP) is 2.28. The van der Waals surface area contributed by atoms with Crippen LogP contribution in [0.3, 0.4) is 0 Å². The highest BCUT2D eigenvalue weighted by Gasteiger charge is 2.12. The van der Waals surface area contributed by atoms with Crippen molar-refractivity contribution in [1.29, 1.82) is 0 Å². The third-order valence-electron chi connectivity index (χ3n) is 2.79. The Morgan fingerprint density at radius 1 is 1.32 bits per heavy atom. The second-order valence-corrected chi connectivity index (χ2v) is 7.17. The molecule has 2 heterocycles. The number of hydrogen-bond acceptors (Lipinski definition) is 5. The van der Waals surface area contributed by atoms with Gasteiger partial charge in [0.25, 0.3) is 0 Å². The number of rotatable bonds is 2. The number of nitrogens with one attached hydrogen (secondary N) is 1. The average molecular weight is 293 g/mol. The van der Waals surface area contributed by atoms with Crippen LogP contribution >= 0.6 is 11.3 Å². The number of anilines is 1. The molecule has 19 heavy (non-hydrogen) atoms. The first-order chi connectivity index (χ1) is 8.95. The number of nitrogens with two attached hydrogens (primary N) is 1. The minimum Gasteiger partial charge on any atom is -0.397 e. The summed E-state index contributed by atoms with van der Waals surface area (Å²) in [5.74, 6) is 0.660. The number of sulfone groups is 1. The van der Waals surface area contributed by atoms with Crippen molar-refractivity contribution in [3.05, 3.63) is 29.6 Å². The van der Waals surface area contributed by atoms with E-state index >= 15 is 0 Å². The van der Waals surface area contributed by atoms with Gasteiger partial charge in [-0.25, -0.2) is 13.4 Å². The van der Waals surface area contributed by atoms with E-state index in [1.54, 1.807) is 18.2 Å². The number of benzene rings is 1. The predicted molar refractivity (Wildman–Crippen MR) is 76.9 cm³/mol. The zero-order valence-corrected chi connectivity index (χ0v) is 11.7. The van der Waals surface area contributed by atoms with E-state index in [1.807, 2.05) is 11.4 Å². The topological polar surface area (TPSA) is 88.8 Å². The van der Waals surface area contributed by atoms with Crippen molar-refractivity contribution in [2.45, 2.75) is 4.90 Å². The molecular weight excluding hydrogens is 282 g/mol. The monoisotopic (exact) mass is 293 g/mol. The molecule has 1 aromatic carbocycles. The molecule has 0 amide bonds. The van der Waals surface area contributed by atoms with Gasteiger partial charge in [-0.2, -0.15) is 0 Å². The first-order valence-electron chi connectivity index (χ1n) is 5.48. The molecule has 0 radical (unpaired) electrons. The van der Waals surface area contributed by atoms with Crippen LogP contribution in [0.2, 0.25) is 0 Å². The normalized spacial score (nSPS) is 12.1. The van der Waals surface area contributed by atoms with Gasteiger partial charge < -0.3 is 10.7 Å². The van der Waals surface area contributed by atoms with Gasteiger partial charge in [-0.05, 0) is 29.6 Å². The molecule has 98 valence electrons. The summed E-state index contributed by atoms with van der Waals surface area (Å²) in [6.45, 7) is 0. The number of hydrogen-bond donors (Lipinski definition) is 2. The van der Waals surface area contributed by atoms with Gasteiger partial charge in [-0.1, -0.05) is 0 Å². The Bertz CT molecular complexity index is 862. The highest BCUT2D eigenvalue weighted by atomic mass is 32.2. The lowest BCUT2D eigenvalue weighted by Gasteiger charge is -1.96. The largest absolute Gasteiger partial charge is 0.397 e. The molecule has 0 saturated heterocycles. The van der Waals surface area contributed by atoms with Crippen LogP contribution in [0.5, 0.6) is 0 Å². The van der Waals surface area contributed by atoms with E-state index in [4.69, 9.17) is 5.73 Å². The van der Waals surface area contributed by atoms with Gasteiger partial charge in [0.1, 0.15) is 0 Å². The molecule has 0 atom stereocenters. The fourth-order valence-corrected chi connectivity index (χ4v) is 3.25. The molecule has 0 saturated carbocycles. The number of nitrogens with zero attached hydrogens (tertiary/aromatic N) is 1. The number of imidazole rings is 1. The van der Waals surface area contributed by atoms with Crippen LogP contribution in [0.1, 0.15) is 0 Å². The Labute approximate surface area is 114 Å². The van der Waals surface area contributed by atoms with Crippen LogP contribution in [-0.4, -0.2) is 24.6 Å². The number of fused-ring (bicyclic) bond motifs is 1. The summed E-state index contributed by atoms with van der Waals surface area (Å²) in [5.41, 5.74) is 7.91. The maximum Gasteiger partial charge on any atom is 0.175 e. The third-order valence-corrected chi connectivity index (χ3v) is 4.84. The molecule has 2 aromatic heterocycles. The van der Waals surface area contributed by atoms with E-state index in [-0.39, 0.29) is 4.90 Å². The van der Waals surface area contributed by atoms with E-state index in [9.17, 15) is 8.42 Å². The van der Waals surface area contributed by atoms with Gasteiger partial charge in [-0.15, -0.1) is 11.3 Å². The van der Waals surface area contributed by atoms with E-state index in [0.717, 1.165) is 10.4 Å². The summed E-state index contributed by atoms with van der Waals surface area (Å²) >= 11 is 1.49. The Kier molecular flexibility index (Phi) is 2.61. The first kappa shape index (κ1) is 12.2. The van der Waals surface area contributed by atoms with Crippen molar-refractivity contribution >= 4 is 37.9 Å². The smallest absolute Gasteiger partial charge is 0.175 e. The van der Waals surface area contributed by atoms with Crippen LogP contribution < -0.4 is 5.73 Å². The highest BCUT2D eigenvalue weighted by Crippen LogP contribution is 2.31. The average Bonchev–Trinajstić information content (AvgIpc) is 2.91. The Morgan fingerprint density at radius 2 is 2.11 bits per heavy atom. The summed E-state index contributed by atoms with van der Waals surface area (Å²) in [6, 6.07) is 6.65. The number of aromatic amines is 1. The molecule has 0 spiro atoms. The van der Waals surface area contributed by atoms with Gasteiger partial charge in [-0.3, -0.25) is 0 Å². The maximum absolute atomic E-state index is 11.5. The fraction of sp³-hybridized carbons (Fsp3) is 0.0833. The van der Waals surface area contributed by atoms with E-state index in [2.05, 4.69) is 9.97 Å². The summed E-state index contributed by atoms with van der Waals surface area (Å²) in [4.78, 5) is 8.66. The molecule has 0 fully saturated rings. The van der Waals surface area contributed by atoms with Crippen molar-refractivity contribution in [2.24, 2.45) is 0 Å². The fourth-order valence-electron chi connectivity index (χ4n) is 1.84. The second kappa shape index (κ2) is 4.07. The lowest BCUT2D eigenvalue weighted by molar-refractivity contribution is 0.602.